The first-order chi connectivity index (χ1) is 8.20. The van der Waals surface area contributed by atoms with Crippen molar-refractivity contribution in [3.05, 3.63) is 35.4 Å². The summed E-state index contributed by atoms with van der Waals surface area (Å²) in [5, 5.41) is 13.4. The van der Waals surface area contributed by atoms with Gasteiger partial charge in [0.15, 0.2) is 0 Å². The van der Waals surface area contributed by atoms with E-state index in [1.807, 2.05) is 0 Å². The standard InChI is InChI=1S/C15H23NO/c1-3-15(11-17,16-10-13-6-7-13)14-8-4-12(2)5-9-14/h4-5,8-9,13,16-17H,3,6-7,10-11H2,1-2H3. The van der Waals surface area contributed by atoms with E-state index < -0.39 is 0 Å². The van der Waals surface area contributed by atoms with Gasteiger partial charge in [-0.25, -0.2) is 0 Å². The molecule has 0 bridgehead atoms. The van der Waals surface area contributed by atoms with Crippen molar-refractivity contribution >= 4 is 0 Å². The third-order valence-electron chi connectivity index (χ3n) is 3.90. The molecule has 1 unspecified atom stereocenters. The molecule has 2 heteroatoms. The minimum Gasteiger partial charge on any atom is -0.394 e. The summed E-state index contributed by atoms with van der Waals surface area (Å²) < 4.78 is 0. The Morgan fingerprint density at radius 3 is 2.41 bits per heavy atom. The predicted molar refractivity (Wildman–Crippen MR) is 71.0 cm³/mol. The lowest BCUT2D eigenvalue weighted by Crippen LogP contribution is -2.46. The van der Waals surface area contributed by atoms with Gasteiger partial charge in [0.05, 0.1) is 12.1 Å². The van der Waals surface area contributed by atoms with Crippen LogP contribution in [0.3, 0.4) is 0 Å². The van der Waals surface area contributed by atoms with Crippen molar-refractivity contribution in [3.8, 4) is 0 Å². The van der Waals surface area contributed by atoms with E-state index in [0.29, 0.717) is 0 Å². The van der Waals surface area contributed by atoms with E-state index in [1.54, 1.807) is 0 Å². The van der Waals surface area contributed by atoms with E-state index in [2.05, 4.69) is 43.4 Å². The predicted octanol–water partition coefficient (Wildman–Crippen LogP) is 2.59. The normalized spacial score (nSPS) is 19.0. The monoisotopic (exact) mass is 233 g/mol. The van der Waals surface area contributed by atoms with Crippen LogP contribution >= 0.6 is 0 Å². The third kappa shape index (κ3) is 2.88. The van der Waals surface area contributed by atoms with Gasteiger partial charge in [-0.1, -0.05) is 36.8 Å². The second-order valence-electron chi connectivity index (χ2n) is 5.28. The quantitative estimate of drug-likeness (QED) is 0.791. The second-order valence-corrected chi connectivity index (χ2v) is 5.28. The van der Waals surface area contributed by atoms with Crippen molar-refractivity contribution in [1.29, 1.82) is 0 Å². The molecule has 0 amide bonds. The van der Waals surface area contributed by atoms with Gasteiger partial charge < -0.3 is 10.4 Å². The maximum atomic E-state index is 9.77. The third-order valence-corrected chi connectivity index (χ3v) is 3.90. The van der Waals surface area contributed by atoms with Crippen molar-refractivity contribution in [2.24, 2.45) is 5.92 Å². The van der Waals surface area contributed by atoms with E-state index in [-0.39, 0.29) is 12.1 Å². The summed E-state index contributed by atoms with van der Waals surface area (Å²) in [7, 11) is 0. The molecule has 2 rings (SSSR count). The molecule has 1 saturated carbocycles. The van der Waals surface area contributed by atoms with Gasteiger partial charge in [-0.3, -0.25) is 0 Å². The number of hydrogen-bond acceptors (Lipinski definition) is 2. The number of hydrogen-bond donors (Lipinski definition) is 2. The van der Waals surface area contributed by atoms with Gasteiger partial charge in [-0.05, 0) is 44.2 Å². The summed E-state index contributed by atoms with van der Waals surface area (Å²) >= 11 is 0. The fourth-order valence-corrected chi connectivity index (χ4v) is 2.22. The highest BCUT2D eigenvalue weighted by atomic mass is 16.3. The molecule has 17 heavy (non-hydrogen) atoms. The average molecular weight is 233 g/mol. The maximum absolute atomic E-state index is 9.77. The highest BCUT2D eigenvalue weighted by molar-refractivity contribution is 5.28. The van der Waals surface area contributed by atoms with Gasteiger partial charge in [0, 0.05) is 0 Å². The largest absolute Gasteiger partial charge is 0.394 e. The number of benzene rings is 1. The Labute approximate surface area is 104 Å². The van der Waals surface area contributed by atoms with E-state index in [1.165, 1.54) is 24.0 Å². The molecule has 2 nitrogen and oxygen atoms in total. The first kappa shape index (κ1) is 12.6. The molecule has 1 atom stereocenters. The van der Waals surface area contributed by atoms with E-state index in [9.17, 15) is 5.11 Å². The summed E-state index contributed by atoms with van der Waals surface area (Å²) in [6, 6.07) is 8.51. The van der Waals surface area contributed by atoms with Crippen molar-refractivity contribution < 1.29 is 5.11 Å². The van der Waals surface area contributed by atoms with Crippen LogP contribution in [0, 0.1) is 12.8 Å². The van der Waals surface area contributed by atoms with Crippen molar-refractivity contribution in [1.82, 2.24) is 5.32 Å². The average Bonchev–Trinajstić information content (AvgIpc) is 3.17. The maximum Gasteiger partial charge on any atom is 0.0666 e. The molecular formula is C15H23NO. The first-order valence-electron chi connectivity index (χ1n) is 6.63. The topological polar surface area (TPSA) is 32.3 Å². The van der Waals surface area contributed by atoms with E-state index in [4.69, 9.17) is 0 Å². The molecule has 94 valence electrons. The van der Waals surface area contributed by atoms with Crippen LogP contribution < -0.4 is 5.32 Å². The Hall–Kier alpha value is -0.860. The van der Waals surface area contributed by atoms with Gasteiger partial charge in [0.25, 0.3) is 0 Å². The fraction of sp³-hybridized carbons (Fsp3) is 0.600. The molecule has 1 aromatic rings. The van der Waals surface area contributed by atoms with Crippen LogP contribution in [0.4, 0.5) is 0 Å². The number of aryl methyl sites for hydroxylation is 1. The lowest BCUT2D eigenvalue weighted by Gasteiger charge is -2.33. The number of rotatable bonds is 6. The van der Waals surface area contributed by atoms with Crippen LogP contribution in [-0.2, 0) is 5.54 Å². The molecule has 0 saturated heterocycles. The lowest BCUT2D eigenvalue weighted by molar-refractivity contribution is 0.154. The smallest absolute Gasteiger partial charge is 0.0666 e. The molecule has 0 radical (unpaired) electrons. The fourth-order valence-electron chi connectivity index (χ4n) is 2.22. The zero-order valence-electron chi connectivity index (χ0n) is 10.9. The summed E-state index contributed by atoms with van der Waals surface area (Å²) in [5.41, 5.74) is 2.21. The highest BCUT2D eigenvalue weighted by Gasteiger charge is 2.31. The van der Waals surface area contributed by atoms with Crippen LogP contribution in [0.2, 0.25) is 0 Å². The number of aliphatic hydroxyl groups excluding tert-OH is 1. The molecule has 1 aliphatic carbocycles. The number of nitrogens with one attached hydrogen (secondary N) is 1. The molecule has 2 N–H and O–H groups in total. The second kappa shape index (κ2) is 5.19. The van der Waals surface area contributed by atoms with Crippen LogP contribution in [0.25, 0.3) is 0 Å². The Kier molecular flexibility index (Phi) is 3.85. The zero-order chi connectivity index (χ0) is 12.3. The summed E-state index contributed by atoms with van der Waals surface area (Å²) in [6.45, 7) is 5.42. The Bertz CT molecular complexity index is 350. The molecule has 0 aliphatic heterocycles. The molecule has 0 spiro atoms. The van der Waals surface area contributed by atoms with Gasteiger partial charge in [0.1, 0.15) is 0 Å². The molecular weight excluding hydrogens is 210 g/mol. The van der Waals surface area contributed by atoms with Gasteiger partial charge in [-0.15, -0.1) is 0 Å². The number of aliphatic hydroxyl groups is 1. The molecule has 1 aromatic carbocycles. The van der Waals surface area contributed by atoms with E-state index >= 15 is 0 Å². The van der Waals surface area contributed by atoms with Gasteiger partial charge in [-0.2, -0.15) is 0 Å². The van der Waals surface area contributed by atoms with Crippen molar-refractivity contribution in [3.63, 3.8) is 0 Å². The van der Waals surface area contributed by atoms with Crippen LogP contribution in [0.15, 0.2) is 24.3 Å². The lowest BCUT2D eigenvalue weighted by atomic mass is 9.87. The van der Waals surface area contributed by atoms with Crippen LogP contribution in [0.1, 0.15) is 37.3 Å². The Balaban J connectivity index is 2.15. The Morgan fingerprint density at radius 2 is 1.94 bits per heavy atom. The Morgan fingerprint density at radius 1 is 1.29 bits per heavy atom. The molecule has 1 aliphatic rings. The summed E-state index contributed by atoms with van der Waals surface area (Å²) in [4.78, 5) is 0. The minimum atomic E-state index is -0.254. The molecule has 0 aromatic heterocycles. The highest BCUT2D eigenvalue weighted by Crippen LogP contribution is 2.31. The SMILES string of the molecule is CCC(CO)(NCC1CC1)c1ccc(C)cc1. The molecule has 0 heterocycles. The van der Waals surface area contributed by atoms with Crippen LogP contribution in [-0.4, -0.2) is 18.3 Å². The van der Waals surface area contributed by atoms with Crippen molar-refractivity contribution in [2.75, 3.05) is 13.2 Å². The molecule has 1 fully saturated rings. The van der Waals surface area contributed by atoms with E-state index in [0.717, 1.165) is 18.9 Å². The van der Waals surface area contributed by atoms with Crippen LogP contribution in [0.5, 0.6) is 0 Å². The van der Waals surface area contributed by atoms with Crippen molar-refractivity contribution in [2.45, 2.75) is 38.6 Å². The first-order valence-corrected chi connectivity index (χ1v) is 6.63. The van der Waals surface area contributed by atoms with Gasteiger partial charge in [0.2, 0.25) is 0 Å². The summed E-state index contributed by atoms with van der Waals surface area (Å²) in [5.74, 6) is 0.831. The van der Waals surface area contributed by atoms with Gasteiger partial charge >= 0.3 is 0 Å². The summed E-state index contributed by atoms with van der Waals surface area (Å²) in [6.07, 6.45) is 3.59. The zero-order valence-corrected chi connectivity index (χ0v) is 10.9. The minimum absolute atomic E-state index is 0.166.